The van der Waals surface area contributed by atoms with Crippen molar-refractivity contribution in [3.63, 3.8) is 0 Å². The van der Waals surface area contributed by atoms with Gasteiger partial charge in [-0.05, 0) is 89.4 Å². The fraction of sp³-hybridized carbons (Fsp3) is 0.517. The minimum Gasteiger partial charge on any atom is -0.444 e. The molecular formula is C29H38N4O3S. The van der Waals surface area contributed by atoms with Crippen LogP contribution in [0.3, 0.4) is 0 Å². The molecule has 1 saturated heterocycles. The highest BCUT2D eigenvalue weighted by Gasteiger charge is 2.37. The molecule has 2 heterocycles. The molecular weight excluding hydrogens is 484 g/mol. The number of thioether (sulfide) groups is 1. The van der Waals surface area contributed by atoms with Crippen LogP contribution in [0.4, 0.5) is 10.5 Å². The van der Waals surface area contributed by atoms with E-state index in [4.69, 9.17) is 9.73 Å². The molecule has 4 rings (SSSR count). The lowest BCUT2D eigenvalue weighted by molar-refractivity contribution is -0.124. The van der Waals surface area contributed by atoms with Crippen LogP contribution >= 0.6 is 11.8 Å². The standard InChI is InChI=1S/C29H38N4O3S/c1-20-7-6-8-25(20)33-26(34)14-9-21(19-30-5)27(33)31-22-10-12-23(13-11-22)37-24-15-17-32(18-16-24)28(35)36-29(2,3)4/h9-14,19-20,24-25H,5-8,15-18H2,1-4H3/b21-19-,31-27?. The molecule has 7 nitrogen and oxygen atoms in total. The Hall–Kier alpha value is -2.87. The average Bonchev–Trinajstić information content (AvgIpc) is 3.27. The molecule has 0 N–H and O–H groups in total. The summed E-state index contributed by atoms with van der Waals surface area (Å²) in [7, 11) is 0. The number of nitrogens with zero attached hydrogens (tertiary/aromatic N) is 4. The number of carbonyl (C=O) groups is 2. The first-order valence-corrected chi connectivity index (χ1v) is 14.0. The second kappa shape index (κ2) is 11.7. The molecule has 37 heavy (non-hydrogen) atoms. The number of amidine groups is 1. The van der Waals surface area contributed by atoms with Gasteiger partial charge >= 0.3 is 6.09 Å². The van der Waals surface area contributed by atoms with E-state index in [1.165, 1.54) is 4.90 Å². The lowest BCUT2D eigenvalue weighted by Gasteiger charge is -2.34. The van der Waals surface area contributed by atoms with Crippen LogP contribution in [0.15, 0.2) is 63.1 Å². The van der Waals surface area contributed by atoms with Crippen LogP contribution in [0.2, 0.25) is 0 Å². The SMILES string of the molecule is C=N/C=C1/C=CC(=O)N(C2CCCC2C)C1=Nc1ccc(SC2CCN(C(=O)OC(C)(C)C)CC2)cc1. The van der Waals surface area contributed by atoms with E-state index in [0.717, 1.165) is 43.4 Å². The van der Waals surface area contributed by atoms with Gasteiger partial charge < -0.3 is 9.64 Å². The quantitative estimate of drug-likeness (QED) is 0.421. The Morgan fingerprint density at radius 3 is 2.41 bits per heavy atom. The molecule has 2 atom stereocenters. The lowest BCUT2D eigenvalue weighted by atomic mass is 10.0. The number of piperidine rings is 1. The summed E-state index contributed by atoms with van der Waals surface area (Å²) < 4.78 is 5.51. The summed E-state index contributed by atoms with van der Waals surface area (Å²) in [5.74, 6) is 1.05. The first-order valence-electron chi connectivity index (χ1n) is 13.2. The summed E-state index contributed by atoms with van der Waals surface area (Å²) in [6.45, 7) is 12.9. The Bertz CT molecular complexity index is 1100. The maximum absolute atomic E-state index is 12.9. The van der Waals surface area contributed by atoms with Crippen molar-refractivity contribution in [3.8, 4) is 0 Å². The molecule has 1 aliphatic carbocycles. The maximum atomic E-state index is 12.9. The van der Waals surface area contributed by atoms with E-state index in [0.29, 0.717) is 30.1 Å². The maximum Gasteiger partial charge on any atom is 0.410 e. The Kier molecular flexibility index (Phi) is 8.57. The molecule has 8 heteroatoms. The summed E-state index contributed by atoms with van der Waals surface area (Å²) in [6.07, 6.45) is 9.91. The van der Waals surface area contributed by atoms with E-state index in [9.17, 15) is 9.59 Å². The normalized spacial score (nSPS) is 25.2. The van der Waals surface area contributed by atoms with Crippen LogP contribution in [0, 0.1) is 5.92 Å². The first-order chi connectivity index (χ1) is 17.6. The van der Waals surface area contributed by atoms with Crippen LogP contribution < -0.4 is 0 Å². The summed E-state index contributed by atoms with van der Waals surface area (Å²) in [5.41, 5.74) is 1.12. The lowest BCUT2D eigenvalue weighted by Crippen LogP contribution is -2.47. The Morgan fingerprint density at radius 1 is 1.11 bits per heavy atom. The molecule has 0 spiro atoms. The molecule has 2 fully saturated rings. The molecule has 0 radical (unpaired) electrons. The van der Waals surface area contributed by atoms with E-state index in [-0.39, 0.29) is 18.0 Å². The molecule has 1 saturated carbocycles. The predicted molar refractivity (Wildman–Crippen MR) is 151 cm³/mol. The minimum atomic E-state index is -0.472. The molecule has 0 aromatic heterocycles. The number of rotatable bonds is 5. The van der Waals surface area contributed by atoms with Gasteiger partial charge in [-0.25, -0.2) is 9.79 Å². The molecule has 198 valence electrons. The third kappa shape index (κ3) is 6.92. The molecule has 1 aromatic rings. The summed E-state index contributed by atoms with van der Waals surface area (Å²) in [6, 6.07) is 8.32. The van der Waals surface area contributed by atoms with Gasteiger partial charge in [-0.15, -0.1) is 11.8 Å². The number of aliphatic imine (C=N–C) groups is 2. The number of carbonyl (C=O) groups excluding carboxylic acids is 2. The smallest absolute Gasteiger partial charge is 0.410 e. The van der Waals surface area contributed by atoms with Crippen molar-refractivity contribution in [1.29, 1.82) is 0 Å². The Morgan fingerprint density at radius 2 is 1.81 bits per heavy atom. The number of ether oxygens (including phenoxy) is 1. The third-order valence-electron chi connectivity index (χ3n) is 6.98. The van der Waals surface area contributed by atoms with Gasteiger partial charge in [0.1, 0.15) is 11.4 Å². The zero-order valence-electron chi connectivity index (χ0n) is 22.4. The number of likely N-dealkylation sites (tertiary alicyclic amines) is 1. The second-order valence-corrected chi connectivity index (χ2v) is 12.4. The largest absolute Gasteiger partial charge is 0.444 e. The minimum absolute atomic E-state index is 0.0244. The second-order valence-electron chi connectivity index (χ2n) is 11.0. The predicted octanol–water partition coefficient (Wildman–Crippen LogP) is 6.38. The highest BCUT2D eigenvalue weighted by Crippen LogP contribution is 2.35. The van der Waals surface area contributed by atoms with Gasteiger partial charge in [0.2, 0.25) is 0 Å². The topological polar surface area (TPSA) is 74.6 Å². The van der Waals surface area contributed by atoms with E-state index in [1.807, 2.05) is 54.5 Å². The van der Waals surface area contributed by atoms with Crippen LogP contribution in [0.25, 0.3) is 0 Å². The van der Waals surface area contributed by atoms with Gasteiger partial charge in [-0.3, -0.25) is 14.7 Å². The summed E-state index contributed by atoms with van der Waals surface area (Å²) >= 11 is 1.84. The first kappa shape index (κ1) is 27.2. The highest BCUT2D eigenvalue weighted by atomic mass is 32.2. The number of hydrogen-bond donors (Lipinski definition) is 0. The molecule has 2 aliphatic heterocycles. The fourth-order valence-electron chi connectivity index (χ4n) is 5.10. The highest BCUT2D eigenvalue weighted by molar-refractivity contribution is 8.00. The number of benzene rings is 1. The Balaban J connectivity index is 1.43. The number of hydrogen-bond acceptors (Lipinski definition) is 6. The van der Waals surface area contributed by atoms with Crippen molar-refractivity contribution in [2.45, 2.75) is 81.6 Å². The third-order valence-corrected chi connectivity index (χ3v) is 8.32. The molecule has 2 amide bonds. The monoisotopic (exact) mass is 522 g/mol. The molecule has 3 aliphatic rings. The summed E-state index contributed by atoms with van der Waals surface area (Å²) in [4.78, 5) is 39.0. The van der Waals surface area contributed by atoms with Gasteiger partial charge in [0.05, 0.1) is 5.69 Å². The van der Waals surface area contributed by atoms with E-state index >= 15 is 0 Å². The van der Waals surface area contributed by atoms with Crippen molar-refractivity contribution in [3.05, 3.63) is 48.2 Å². The van der Waals surface area contributed by atoms with Crippen LogP contribution in [-0.2, 0) is 9.53 Å². The van der Waals surface area contributed by atoms with Crippen molar-refractivity contribution < 1.29 is 14.3 Å². The van der Waals surface area contributed by atoms with E-state index in [2.05, 4.69) is 30.8 Å². The molecule has 2 unspecified atom stereocenters. The molecule has 0 bridgehead atoms. The van der Waals surface area contributed by atoms with Gasteiger partial charge in [-0.1, -0.05) is 13.3 Å². The van der Waals surface area contributed by atoms with Gasteiger partial charge in [0, 0.05) is 47.1 Å². The van der Waals surface area contributed by atoms with Crippen LogP contribution in [0.5, 0.6) is 0 Å². The van der Waals surface area contributed by atoms with E-state index < -0.39 is 5.60 Å². The van der Waals surface area contributed by atoms with Crippen molar-refractivity contribution in [1.82, 2.24) is 9.80 Å². The molecule has 1 aromatic carbocycles. The van der Waals surface area contributed by atoms with Crippen LogP contribution in [-0.4, -0.2) is 64.3 Å². The van der Waals surface area contributed by atoms with Gasteiger partial charge in [0.25, 0.3) is 5.91 Å². The zero-order valence-corrected chi connectivity index (χ0v) is 23.2. The zero-order chi connectivity index (χ0) is 26.6. The Labute approximate surface area is 224 Å². The van der Waals surface area contributed by atoms with Crippen molar-refractivity contribution in [2.75, 3.05) is 13.1 Å². The number of amides is 2. The summed E-state index contributed by atoms with van der Waals surface area (Å²) in [5, 5.41) is 0.449. The van der Waals surface area contributed by atoms with Gasteiger partial charge in [0.15, 0.2) is 0 Å². The van der Waals surface area contributed by atoms with Crippen molar-refractivity contribution in [2.24, 2.45) is 15.9 Å². The fourth-order valence-corrected chi connectivity index (χ4v) is 6.23. The van der Waals surface area contributed by atoms with Crippen molar-refractivity contribution >= 4 is 42.0 Å². The van der Waals surface area contributed by atoms with E-state index in [1.54, 1.807) is 18.4 Å². The van der Waals surface area contributed by atoms with Crippen LogP contribution in [0.1, 0.15) is 59.8 Å². The van der Waals surface area contributed by atoms with Gasteiger partial charge in [-0.2, -0.15) is 0 Å². The average molecular weight is 523 g/mol.